The van der Waals surface area contributed by atoms with Crippen LogP contribution >= 0.6 is 0 Å². The molecule has 1 heterocycles. The average molecular weight is 241 g/mol. The van der Waals surface area contributed by atoms with Crippen LogP contribution in [0.15, 0.2) is 0 Å². The third-order valence-corrected chi connectivity index (χ3v) is 3.49. The first-order chi connectivity index (χ1) is 8.19. The first-order valence-corrected chi connectivity index (χ1v) is 6.90. The van der Waals surface area contributed by atoms with Gasteiger partial charge in [0.1, 0.15) is 0 Å². The van der Waals surface area contributed by atoms with Crippen LogP contribution in [0.2, 0.25) is 0 Å². The molecule has 1 rings (SSSR count). The molecular formula is C13H27N3O. The molecule has 1 aliphatic heterocycles. The van der Waals surface area contributed by atoms with Crippen molar-refractivity contribution in [2.24, 2.45) is 11.7 Å². The van der Waals surface area contributed by atoms with Gasteiger partial charge in [0.2, 0.25) is 5.91 Å². The van der Waals surface area contributed by atoms with Gasteiger partial charge in [0, 0.05) is 32.1 Å². The van der Waals surface area contributed by atoms with Crippen molar-refractivity contribution in [2.75, 3.05) is 39.3 Å². The lowest BCUT2D eigenvalue weighted by Gasteiger charge is -2.35. The van der Waals surface area contributed by atoms with Crippen molar-refractivity contribution in [3.8, 4) is 0 Å². The Morgan fingerprint density at radius 1 is 1.29 bits per heavy atom. The van der Waals surface area contributed by atoms with E-state index in [0.717, 1.165) is 45.6 Å². The molecule has 100 valence electrons. The van der Waals surface area contributed by atoms with Crippen LogP contribution < -0.4 is 5.73 Å². The fourth-order valence-corrected chi connectivity index (χ4v) is 2.37. The van der Waals surface area contributed by atoms with E-state index in [0.29, 0.717) is 12.5 Å². The summed E-state index contributed by atoms with van der Waals surface area (Å²) in [6.45, 7) is 9.92. The van der Waals surface area contributed by atoms with Gasteiger partial charge in [0.05, 0.1) is 0 Å². The molecule has 4 heteroatoms. The molecule has 0 aliphatic carbocycles. The number of carbonyl (C=O) groups excluding carboxylic acids is 1. The minimum absolute atomic E-state index is 0.135. The van der Waals surface area contributed by atoms with Gasteiger partial charge in [-0.15, -0.1) is 0 Å². The molecule has 0 radical (unpaired) electrons. The Labute approximate surface area is 105 Å². The van der Waals surface area contributed by atoms with Crippen LogP contribution in [0.5, 0.6) is 0 Å². The Morgan fingerprint density at radius 2 is 1.94 bits per heavy atom. The molecule has 1 aliphatic rings. The highest BCUT2D eigenvalue weighted by atomic mass is 16.2. The summed E-state index contributed by atoms with van der Waals surface area (Å²) in [4.78, 5) is 16.6. The van der Waals surface area contributed by atoms with Gasteiger partial charge >= 0.3 is 0 Å². The van der Waals surface area contributed by atoms with Crippen molar-refractivity contribution < 1.29 is 4.79 Å². The van der Waals surface area contributed by atoms with Crippen LogP contribution in [0, 0.1) is 5.92 Å². The van der Waals surface area contributed by atoms with Crippen molar-refractivity contribution in [1.29, 1.82) is 0 Å². The van der Waals surface area contributed by atoms with E-state index in [-0.39, 0.29) is 5.92 Å². The molecule has 1 amide bonds. The summed E-state index contributed by atoms with van der Waals surface area (Å²) in [6.07, 6.45) is 3.06. The lowest BCUT2D eigenvalue weighted by molar-refractivity contribution is -0.137. The zero-order valence-electron chi connectivity index (χ0n) is 11.3. The third kappa shape index (κ3) is 4.64. The number of nitrogens with zero attached hydrogens (tertiary/aromatic N) is 2. The largest absolute Gasteiger partial charge is 0.340 e. The molecule has 1 atom stereocenters. The van der Waals surface area contributed by atoms with E-state index < -0.39 is 0 Å². The van der Waals surface area contributed by atoms with Gasteiger partial charge in [-0.2, -0.15) is 0 Å². The Kier molecular flexibility index (Phi) is 6.52. The van der Waals surface area contributed by atoms with Crippen LogP contribution in [0.3, 0.4) is 0 Å². The van der Waals surface area contributed by atoms with E-state index in [1.165, 1.54) is 6.42 Å². The summed E-state index contributed by atoms with van der Waals surface area (Å²) >= 11 is 0. The predicted molar refractivity (Wildman–Crippen MR) is 70.8 cm³/mol. The van der Waals surface area contributed by atoms with Gasteiger partial charge in [-0.3, -0.25) is 9.69 Å². The number of hydrogen-bond donors (Lipinski definition) is 1. The summed E-state index contributed by atoms with van der Waals surface area (Å²) in [5.41, 5.74) is 5.48. The first kappa shape index (κ1) is 14.5. The second-order valence-corrected chi connectivity index (χ2v) is 5.00. The number of rotatable bonds is 6. The van der Waals surface area contributed by atoms with Crippen molar-refractivity contribution in [3.63, 3.8) is 0 Å². The highest BCUT2D eigenvalue weighted by molar-refractivity contribution is 5.78. The molecule has 17 heavy (non-hydrogen) atoms. The SMILES string of the molecule is CCCN1CCN(C(=O)C(C)CCCN)CC1. The van der Waals surface area contributed by atoms with Crippen molar-refractivity contribution in [1.82, 2.24) is 9.80 Å². The Balaban J connectivity index is 2.30. The monoisotopic (exact) mass is 241 g/mol. The van der Waals surface area contributed by atoms with E-state index in [2.05, 4.69) is 11.8 Å². The van der Waals surface area contributed by atoms with Crippen LogP contribution in [0.25, 0.3) is 0 Å². The average Bonchev–Trinajstić information content (AvgIpc) is 2.36. The second-order valence-electron chi connectivity index (χ2n) is 5.00. The molecule has 1 unspecified atom stereocenters. The van der Waals surface area contributed by atoms with Crippen molar-refractivity contribution in [3.05, 3.63) is 0 Å². The summed E-state index contributed by atoms with van der Waals surface area (Å²) in [5, 5.41) is 0. The Morgan fingerprint density at radius 3 is 2.47 bits per heavy atom. The van der Waals surface area contributed by atoms with Crippen LogP contribution in [-0.4, -0.2) is 55.0 Å². The Bertz CT molecular complexity index is 225. The number of nitrogens with two attached hydrogens (primary N) is 1. The molecule has 0 aromatic carbocycles. The fourth-order valence-electron chi connectivity index (χ4n) is 2.37. The maximum absolute atomic E-state index is 12.1. The molecule has 2 N–H and O–H groups in total. The summed E-state index contributed by atoms with van der Waals surface area (Å²) in [7, 11) is 0. The molecule has 4 nitrogen and oxygen atoms in total. The lowest BCUT2D eigenvalue weighted by atomic mass is 10.0. The maximum atomic E-state index is 12.1. The lowest BCUT2D eigenvalue weighted by Crippen LogP contribution is -2.50. The van der Waals surface area contributed by atoms with Gasteiger partial charge in [-0.1, -0.05) is 13.8 Å². The summed E-state index contributed by atoms with van der Waals surface area (Å²) in [6, 6.07) is 0. The minimum Gasteiger partial charge on any atom is -0.340 e. The molecule has 0 saturated carbocycles. The van der Waals surface area contributed by atoms with E-state index in [4.69, 9.17) is 5.73 Å². The number of carbonyl (C=O) groups is 1. The normalized spacial score (nSPS) is 19.4. The van der Waals surface area contributed by atoms with Gasteiger partial charge in [-0.25, -0.2) is 0 Å². The predicted octanol–water partition coefficient (Wildman–Crippen LogP) is 0.916. The van der Waals surface area contributed by atoms with Gasteiger partial charge in [0.25, 0.3) is 0 Å². The quantitative estimate of drug-likeness (QED) is 0.752. The second kappa shape index (κ2) is 7.67. The molecule has 0 aromatic rings. The molecular weight excluding hydrogens is 214 g/mol. The zero-order valence-corrected chi connectivity index (χ0v) is 11.3. The third-order valence-electron chi connectivity index (χ3n) is 3.49. The molecule has 0 bridgehead atoms. The Hall–Kier alpha value is -0.610. The minimum atomic E-state index is 0.135. The molecule has 1 fully saturated rings. The number of piperazine rings is 1. The topological polar surface area (TPSA) is 49.6 Å². The van der Waals surface area contributed by atoms with E-state index >= 15 is 0 Å². The van der Waals surface area contributed by atoms with E-state index in [1.54, 1.807) is 0 Å². The first-order valence-electron chi connectivity index (χ1n) is 6.90. The van der Waals surface area contributed by atoms with Crippen molar-refractivity contribution in [2.45, 2.75) is 33.1 Å². The smallest absolute Gasteiger partial charge is 0.225 e. The van der Waals surface area contributed by atoms with E-state index in [9.17, 15) is 4.79 Å². The van der Waals surface area contributed by atoms with Crippen LogP contribution in [0.4, 0.5) is 0 Å². The van der Waals surface area contributed by atoms with Gasteiger partial charge in [-0.05, 0) is 32.4 Å². The highest BCUT2D eigenvalue weighted by Gasteiger charge is 2.23. The van der Waals surface area contributed by atoms with E-state index in [1.807, 2.05) is 11.8 Å². The van der Waals surface area contributed by atoms with Gasteiger partial charge < -0.3 is 10.6 Å². The molecule has 0 aromatic heterocycles. The maximum Gasteiger partial charge on any atom is 0.225 e. The summed E-state index contributed by atoms with van der Waals surface area (Å²) in [5.74, 6) is 0.450. The van der Waals surface area contributed by atoms with Crippen molar-refractivity contribution >= 4 is 5.91 Å². The summed E-state index contributed by atoms with van der Waals surface area (Å²) < 4.78 is 0. The number of amides is 1. The standard InChI is InChI=1S/C13H27N3O/c1-3-7-15-8-10-16(11-9-15)13(17)12(2)5-4-6-14/h12H,3-11,14H2,1-2H3. The fraction of sp³-hybridized carbons (Fsp3) is 0.923. The molecule has 0 spiro atoms. The zero-order chi connectivity index (χ0) is 12.7. The molecule has 1 saturated heterocycles. The van der Waals surface area contributed by atoms with Gasteiger partial charge in [0.15, 0.2) is 0 Å². The van der Waals surface area contributed by atoms with Crippen LogP contribution in [-0.2, 0) is 4.79 Å². The highest BCUT2D eigenvalue weighted by Crippen LogP contribution is 2.12. The number of hydrogen-bond acceptors (Lipinski definition) is 3. The van der Waals surface area contributed by atoms with Crippen LogP contribution in [0.1, 0.15) is 33.1 Å².